The van der Waals surface area contributed by atoms with E-state index in [9.17, 15) is 9.59 Å². The molecule has 2 amide bonds. The summed E-state index contributed by atoms with van der Waals surface area (Å²) in [5, 5.41) is 6.04. The van der Waals surface area contributed by atoms with E-state index < -0.39 is 11.8 Å². The molecule has 3 rings (SSSR count). The molecule has 1 heterocycles. The second-order valence-electron chi connectivity index (χ2n) is 7.98. The highest BCUT2D eigenvalue weighted by molar-refractivity contribution is 6.40. The van der Waals surface area contributed by atoms with Crippen molar-refractivity contribution in [3.63, 3.8) is 0 Å². The second-order valence-corrected chi connectivity index (χ2v) is 8.39. The molecule has 0 spiro atoms. The predicted octanol–water partition coefficient (Wildman–Crippen LogP) is 2.19. The minimum absolute atomic E-state index is 0.119. The average molecular weight is 430 g/mol. The van der Waals surface area contributed by atoms with Crippen molar-refractivity contribution in [2.24, 2.45) is 0 Å². The van der Waals surface area contributed by atoms with Crippen LogP contribution in [0.2, 0.25) is 5.02 Å². The van der Waals surface area contributed by atoms with Crippen molar-refractivity contribution in [2.75, 3.05) is 43.9 Å². The van der Waals surface area contributed by atoms with Gasteiger partial charge >= 0.3 is 11.8 Å². The third-order valence-corrected chi connectivity index (χ3v) is 6.15. The summed E-state index contributed by atoms with van der Waals surface area (Å²) in [5.41, 5.74) is 3.59. The Kier molecular flexibility index (Phi) is 7.34. The molecule has 2 aromatic rings. The molecule has 0 aromatic heterocycles. The number of anilines is 2. The number of hydrogen-bond acceptors (Lipinski definition) is 3. The number of amides is 2. The zero-order valence-corrected chi connectivity index (χ0v) is 18.6. The molecule has 1 atom stereocenters. The van der Waals surface area contributed by atoms with Gasteiger partial charge in [0.15, 0.2) is 0 Å². The topological polar surface area (TPSA) is 65.9 Å². The SMILES string of the molecule is Cc1c(Cl)cccc1NC(=O)C(=O)NC[C@H](c1ccc(N(C)C)cc1)[NH+]1CCCC1. The van der Waals surface area contributed by atoms with Crippen LogP contribution in [-0.2, 0) is 9.59 Å². The number of halogens is 1. The monoisotopic (exact) mass is 429 g/mol. The number of carbonyl (C=O) groups is 2. The quantitative estimate of drug-likeness (QED) is 0.617. The number of likely N-dealkylation sites (tertiary alicyclic amines) is 1. The van der Waals surface area contributed by atoms with Crippen LogP contribution in [0.15, 0.2) is 42.5 Å². The number of rotatable bonds is 6. The molecule has 30 heavy (non-hydrogen) atoms. The highest BCUT2D eigenvalue weighted by atomic mass is 35.5. The fourth-order valence-corrected chi connectivity index (χ4v) is 4.05. The van der Waals surface area contributed by atoms with E-state index in [0.717, 1.165) is 24.3 Å². The summed E-state index contributed by atoms with van der Waals surface area (Å²) >= 11 is 6.09. The molecular weight excluding hydrogens is 400 g/mol. The van der Waals surface area contributed by atoms with Gasteiger partial charge in [-0.05, 0) is 36.8 Å². The molecule has 1 saturated heterocycles. The summed E-state index contributed by atoms with van der Waals surface area (Å²) in [6.07, 6.45) is 2.37. The fraction of sp³-hybridized carbons (Fsp3) is 0.391. The molecule has 2 aromatic carbocycles. The zero-order chi connectivity index (χ0) is 21.7. The lowest BCUT2D eigenvalue weighted by Crippen LogP contribution is -3.11. The van der Waals surface area contributed by atoms with Crippen LogP contribution >= 0.6 is 11.6 Å². The number of carbonyl (C=O) groups excluding carboxylic acids is 2. The third kappa shape index (κ3) is 5.32. The van der Waals surface area contributed by atoms with Crippen LogP contribution in [0.5, 0.6) is 0 Å². The van der Waals surface area contributed by atoms with Gasteiger partial charge in [0.25, 0.3) is 0 Å². The van der Waals surface area contributed by atoms with Crippen molar-refractivity contribution in [2.45, 2.75) is 25.8 Å². The van der Waals surface area contributed by atoms with E-state index in [1.54, 1.807) is 25.1 Å². The van der Waals surface area contributed by atoms with Gasteiger partial charge in [-0.1, -0.05) is 29.8 Å². The first kappa shape index (κ1) is 22.1. The van der Waals surface area contributed by atoms with Gasteiger partial charge in [-0.2, -0.15) is 0 Å². The van der Waals surface area contributed by atoms with Gasteiger partial charge in [0.05, 0.1) is 19.6 Å². The normalized spacial score (nSPS) is 14.9. The summed E-state index contributed by atoms with van der Waals surface area (Å²) in [4.78, 5) is 28.4. The van der Waals surface area contributed by atoms with Gasteiger partial charge in [0, 0.05) is 48.9 Å². The van der Waals surface area contributed by atoms with E-state index in [-0.39, 0.29) is 6.04 Å². The molecule has 1 aliphatic heterocycles. The van der Waals surface area contributed by atoms with E-state index in [2.05, 4.69) is 39.8 Å². The van der Waals surface area contributed by atoms with Crippen molar-refractivity contribution in [3.8, 4) is 0 Å². The lowest BCUT2D eigenvalue weighted by atomic mass is 10.0. The molecule has 1 aliphatic rings. The van der Waals surface area contributed by atoms with E-state index in [1.165, 1.54) is 23.3 Å². The number of nitrogens with zero attached hydrogens (tertiary/aromatic N) is 1. The number of quaternary nitrogens is 1. The van der Waals surface area contributed by atoms with Crippen LogP contribution in [0.3, 0.4) is 0 Å². The van der Waals surface area contributed by atoms with Gasteiger partial charge in [-0.15, -0.1) is 0 Å². The van der Waals surface area contributed by atoms with E-state index in [4.69, 9.17) is 11.6 Å². The first-order valence-corrected chi connectivity index (χ1v) is 10.7. The molecular formula is C23H30ClN4O2+. The van der Waals surface area contributed by atoms with Gasteiger partial charge < -0.3 is 20.4 Å². The largest absolute Gasteiger partial charge is 0.378 e. The summed E-state index contributed by atoms with van der Waals surface area (Å²) in [7, 11) is 4.03. The number of hydrogen-bond donors (Lipinski definition) is 3. The van der Waals surface area contributed by atoms with Gasteiger partial charge in [0.1, 0.15) is 6.04 Å². The Labute approximate surface area is 183 Å². The molecule has 7 heteroatoms. The molecule has 0 aliphatic carbocycles. The van der Waals surface area contributed by atoms with Crippen molar-refractivity contribution < 1.29 is 14.5 Å². The molecule has 0 bridgehead atoms. The van der Waals surface area contributed by atoms with Gasteiger partial charge in [0.2, 0.25) is 0 Å². The fourth-order valence-electron chi connectivity index (χ4n) is 3.88. The Morgan fingerprint density at radius 1 is 1.07 bits per heavy atom. The Balaban J connectivity index is 1.66. The van der Waals surface area contributed by atoms with Crippen molar-refractivity contribution in [3.05, 3.63) is 58.6 Å². The van der Waals surface area contributed by atoms with E-state index in [1.807, 2.05) is 14.1 Å². The van der Waals surface area contributed by atoms with Crippen LogP contribution < -0.4 is 20.4 Å². The summed E-state index contributed by atoms with van der Waals surface area (Å²) < 4.78 is 0. The van der Waals surface area contributed by atoms with Crippen LogP contribution in [-0.4, -0.2) is 45.5 Å². The highest BCUT2D eigenvalue weighted by Gasteiger charge is 2.28. The zero-order valence-electron chi connectivity index (χ0n) is 17.8. The molecule has 0 saturated carbocycles. The summed E-state index contributed by atoms with van der Waals surface area (Å²) in [6, 6.07) is 13.8. The number of nitrogens with one attached hydrogen (secondary N) is 3. The van der Waals surface area contributed by atoms with Crippen LogP contribution in [0.4, 0.5) is 11.4 Å². The first-order valence-electron chi connectivity index (χ1n) is 10.3. The average Bonchev–Trinajstić information content (AvgIpc) is 3.26. The van der Waals surface area contributed by atoms with Crippen molar-refractivity contribution >= 4 is 34.8 Å². The molecule has 160 valence electrons. The highest BCUT2D eigenvalue weighted by Crippen LogP contribution is 2.23. The summed E-state index contributed by atoms with van der Waals surface area (Å²) in [6.45, 7) is 4.37. The Morgan fingerprint density at radius 3 is 2.37 bits per heavy atom. The maximum absolute atomic E-state index is 12.5. The van der Waals surface area contributed by atoms with Crippen LogP contribution in [0.25, 0.3) is 0 Å². The molecule has 3 N–H and O–H groups in total. The molecule has 1 fully saturated rings. The van der Waals surface area contributed by atoms with Crippen molar-refractivity contribution in [1.82, 2.24) is 5.32 Å². The predicted molar refractivity (Wildman–Crippen MR) is 121 cm³/mol. The molecule has 0 radical (unpaired) electrons. The first-order chi connectivity index (χ1) is 14.4. The maximum Gasteiger partial charge on any atom is 0.313 e. The van der Waals surface area contributed by atoms with Gasteiger partial charge in [-0.3, -0.25) is 9.59 Å². The van der Waals surface area contributed by atoms with E-state index >= 15 is 0 Å². The Hall–Kier alpha value is -2.57. The summed E-state index contributed by atoms with van der Waals surface area (Å²) in [5.74, 6) is -1.32. The standard InChI is InChI=1S/C23H29ClN4O2/c1-16-19(24)7-6-8-20(16)26-23(30)22(29)25-15-21(28-13-4-5-14-28)17-9-11-18(12-10-17)27(2)3/h6-12,21H,4-5,13-15H2,1-3H3,(H,25,29)(H,26,30)/p+1/t21-/m1/s1. The third-order valence-electron chi connectivity index (χ3n) is 5.74. The van der Waals surface area contributed by atoms with Crippen molar-refractivity contribution in [1.29, 1.82) is 0 Å². The van der Waals surface area contributed by atoms with Crippen LogP contribution in [0, 0.1) is 6.92 Å². The lowest BCUT2D eigenvalue weighted by molar-refractivity contribution is -0.918. The van der Waals surface area contributed by atoms with Crippen LogP contribution in [0.1, 0.15) is 30.0 Å². The molecule has 6 nitrogen and oxygen atoms in total. The smallest absolute Gasteiger partial charge is 0.313 e. The van der Waals surface area contributed by atoms with Gasteiger partial charge in [-0.25, -0.2) is 0 Å². The Bertz CT molecular complexity index is 893. The van der Waals surface area contributed by atoms with E-state index in [0.29, 0.717) is 17.3 Å². The minimum atomic E-state index is -0.682. The number of benzene rings is 2. The molecule has 0 unspecified atom stereocenters. The minimum Gasteiger partial charge on any atom is -0.378 e. The Morgan fingerprint density at radius 2 is 1.73 bits per heavy atom. The maximum atomic E-state index is 12.5. The second kappa shape index (κ2) is 9.96. The lowest BCUT2D eigenvalue weighted by Gasteiger charge is -2.25.